The molecule has 0 spiro atoms. The third-order valence-corrected chi connectivity index (χ3v) is 3.15. The van der Waals surface area contributed by atoms with Crippen molar-refractivity contribution in [3.63, 3.8) is 0 Å². The molecule has 0 amide bonds. The van der Waals surface area contributed by atoms with Crippen molar-refractivity contribution in [2.45, 2.75) is 84.7 Å². The molecular weight excluding hydrogens is 167 g/mol. The van der Waals surface area contributed by atoms with E-state index in [1.165, 1.54) is 63.9 Å². The molecule has 0 atom stereocenters. The van der Waals surface area contributed by atoms with E-state index in [1.54, 1.807) is 0 Å². The fourth-order valence-corrected chi connectivity index (χ4v) is 2.10. The van der Waals surface area contributed by atoms with Gasteiger partial charge in [0.15, 0.2) is 0 Å². The van der Waals surface area contributed by atoms with Crippen LogP contribution in [0.4, 0.5) is 0 Å². The van der Waals surface area contributed by atoms with Gasteiger partial charge in [0.05, 0.1) is 0 Å². The lowest BCUT2D eigenvalue weighted by Gasteiger charge is -2.12. The highest BCUT2D eigenvalue weighted by Gasteiger charge is 2.11. The molecular formula is C13H29B. The van der Waals surface area contributed by atoms with Crippen LogP contribution in [-0.4, -0.2) is 6.71 Å². The summed E-state index contributed by atoms with van der Waals surface area (Å²) < 4.78 is 0. The highest BCUT2D eigenvalue weighted by Crippen LogP contribution is 2.16. The zero-order valence-corrected chi connectivity index (χ0v) is 10.6. The molecule has 0 aromatic carbocycles. The van der Waals surface area contributed by atoms with Crippen molar-refractivity contribution in [1.82, 2.24) is 0 Å². The molecule has 14 heavy (non-hydrogen) atoms. The van der Waals surface area contributed by atoms with E-state index in [2.05, 4.69) is 20.8 Å². The van der Waals surface area contributed by atoms with Crippen LogP contribution in [0.3, 0.4) is 0 Å². The zero-order valence-electron chi connectivity index (χ0n) is 10.6. The first-order valence-electron chi connectivity index (χ1n) is 6.85. The molecule has 0 saturated carbocycles. The van der Waals surface area contributed by atoms with Gasteiger partial charge in [0, 0.05) is 0 Å². The Morgan fingerprint density at radius 2 is 1.00 bits per heavy atom. The van der Waals surface area contributed by atoms with Crippen LogP contribution in [0.25, 0.3) is 0 Å². The van der Waals surface area contributed by atoms with Crippen LogP contribution in [0, 0.1) is 0 Å². The molecule has 0 nitrogen and oxygen atoms in total. The molecule has 0 radical (unpaired) electrons. The maximum absolute atomic E-state index is 2.31. The second-order valence-electron chi connectivity index (χ2n) is 4.65. The maximum Gasteiger partial charge on any atom is 0.139 e. The Balaban J connectivity index is 3.49. The average molecular weight is 196 g/mol. The molecule has 0 N–H and O–H groups in total. The molecule has 1 heteroatoms. The minimum absolute atomic E-state index is 1.04. The van der Waals surface area contributed by atoms with Crippen LogP contribution >= 0.6 is 0 Å². The summed E-state index contributed by atoms with van der Waals surface area (Å²) in [5, 5.41) is 0. The van der Waals surface area contributed by atoms with Crippen molar-refractivity contribution in [2.75, 3.05) is 0 Å². The number of hydrogen-bond donors (Lipinski definition) is 0. The Morgan fingerprint density at radius 1 is 0.571 bits per heavy atom. The van der Waals surface area contributed by atoms with Crippen molar-refractivity contribution in [3.05, 3.63) is 0 Å². The molecule has 84 valence electrons. The molecule has 0 fully saturated rings. The van der Waals surface area contributed by atoms with E-state index >= 15 is 0 Å². The van der Waals surface area contributed by atoms with E-state index in [4.69, 9.17) is 0 Å². The van der Waals surface area contributed by atoms with Gasteiger partial charge in [0.25, 0.3) is 0 Å². The minimum Gasteiger partial charge on any atom is -0.0742 e. The molecule has 0 saturated heterocycles. The van der Waals surface area contributed by atoms with Gasteiger partial charge in [-0.25, -0.2) is 0 Å². The summed E-state index contributed by atoms with van der Waals surface area (Å²) in [4.78, 5) is 0. The summed E-state index contributed by atoms with van der Waals surface area (Å²) in [6.07, 6.45) is 14.4. The summed E-state index contributed by atoms with van der Waals surface area (Å²) in [6, 6.07) is 0. The molecule has 0 aromatic heterocycles. The summed E-state index contributed by atoms with van der Waals surface area (Å²) in [5.41, 5.74) is 0. The molecule has 0 rings (SSSR count). The zero-order chi connectivity index (χ0) is 10.6. The van der Waals surface area contributed by atoms with Crippen molar-refractivity contribution >= 4 is 6.71 Å². The average Bonchev–Trinajstić information content (AvgIpc) is 2.21. The Bertz CT molecular complexity index is 93.4. The topological polar surface area (TPSA) is 0 Å². The predicted octanol–water partition coefficient (Wildman–Crippen LogP) is 5.27. The summed E-state index contributed by atoms with van der Waals surface area (Å²) >= 11 is 0. The first-order chi connectivity index (χ1) is 6.85. The lowest BCUT2D eigenvalue weighted by Crippen LogP contribution is -2.11. The molecule has 0 aliphatic heterocycles. The van der Waals surface area contributed by atoms with Crippen LogP contribution < -0.4 is 0 Å². The van der Waals surface area contributed by atoms with E-state index in [1.807, 2.05) is 0 Å². The Morgan fingerprint density at radius 3 is 1.43 bits per heavy atom. The lowest BCUT2D eigenvalue weighted by molar-refractivity contribution is 0.753. The first kappa shape index (κ1) is 14.1. The number of hydrogen-bond acceptors (Lipinski definition) is 0. The summed E-state index contributed by atoms with van der Waals surface area (Å²) in [5.74, 6) is 0. The van der Waals surface area contributed by atoms with E-state index in [-0.39, 0.29) is 0 Å². The predicted molar refractivity (Wildman–Crippen MR) is 69.5 cm³/mol. The number of rotatable bonds is 10. The van der Waals surface area contributed by atoms with Crippen molar-refractivity contribution < 1.29 is 0 Å². The molecule has 0 aliphatic rings. The maximum atomic E-state index is 2.31. The smallest absolute Gasteiger partial charge is 0.0742 e. The lowest BCUT2D eigenvalue weighted by atomic mass is 9.41. The van der Waals surface area contributed by atoms with Crippen LogP contribution in [0.15, 0.2) is 0 Å². The first-order valence-corrected chi connectivity index (χ1v) is 6.85. The van der Waals surface area contributed by atoms with Gasteiger partial charge in [-0.1, -0.05) is 84.7 Å². The van der Waals surface area contributed by atoms with E-state index < -0.39 is 0 Å². The van der Waals surface area contributed by atoms with E-state index in [0.29, 0.717) is 0 Å². The highest BCUT2D eigenvalue weighted by atomic mass is 13.9. The fourth-order valence-electron chi connectivity index (χ4n) is 2.10. The SMILES string of the molecule is CCCCCB(CCCC)CCCC. The Labute approximate surface area is 91.9 Å². The molecule has 0 aliphatic carbocycles. The van der Waals surface area contributed by atoms with Gasteiger partial charge < -0.3 is 0 Å². The minimum atomic E-state index is 1.04. The van der Waals surface area contributed by atoms with E-state index in [9.17, 15) is 0 Å². The summed E-state index contributed by atoms with van der Waals surface area (Å²) in [7, 11) is 0. The molecule has 0 unspecified atom stereocenters. The van der Waals surface area contributed by atoms with Crippen molar-refractivity contribution in [2.24, 2.45) is 0 Å². The van der Waals surface area contributed by atoms with E-state index in [0.717, 1.165) is 6.71 Å². The van der Waals surface area contributed by atoms with Gasteiger partial charge >= 0.3 is 0 Å². The molecule has 0 heterocycles. The Kier molecular flexibility index (Phi) is 11.2. The van der Waals surface area contributed by atoms with Crippen LogP contribution in [0.5, 0.6) is 0 Å². The molecule has 0 bridgehead atoms. The normalized spacial score (nSPS) is 10.5. The van der Waals surface area contributed by atoms with Gasteiger partial charge in [0.2, 0.25) is 0 Å². The van der Waals surface area contributed by atoms with Crippen LogP contribution in [0.2, 0.25) is 19.0 Å². The third-order valence-electron chi connectivity index (χ3n) is 3.15. The van der Waals surface area contributed by atoms with Crippen molar-refractivity contribution in [3.8, 4) is 0 Å². The van der Waals surface area contributed by atoms with Crippen LogP contribution in [0.1, 0.15) is 65.7 Å². The third kappa shape index (κ3) is 8.65. The quantitative estimate of drug-likeness (QED) is 0.329. The van der Waals surface area contributed by atoms with Crippen LogP contribution in [-0.2, 0) is 0 Å². The highest BCUT2D eigenvalue weighted by molar-refractivity contribution is 6.58. The van der Waals surface area contributed by atoms with Gasteiger partial charge in [-0.15, -0.1) is 0 Å². The monoisotopic (exact) mass is 196 g/mol. The second kappa shape index (κ2) is 11.1. The van der Waals surface area contributed by atoms with Crippen molar-refractivity contribution in [1.29, 1.82) is 0 Å². The molecule has 0 aromatic rings. The number of unbranched alkanes of at least 4 members (excludes halogenated alkanes) is 4. The van der Waals surface area contributed by atoms with Gasteiger partial charge in [-0.3, -0.25) is 0 Å². The second-order valence-corrected chi connectivity index (χ2v) is 4.65. The summed E-state index contributed by atoms with van der Waals surface area (Å²) in [6.45, 7) is 7.96. The Hall–Kier alpha value is 0.0649. The van der Waals surface area contributed by atoms with Gasteiger partial charge in [-0.05, 0) is 0 Å². The van der Waals surface area contributed by atoms with Gasteiger partial charge in [-0.2, -0.15) is 0 Å². The largest absolute Gasteiger partial charge is 0.139 e. The van der Waals surface area contributed by atoms with Gasteiger partial charge in [0.1, 0.15) is 6.71 Å². The fraction of sp³-hybridized carbons (Fsp3) is 1.00. The standard InChI is InChI=1S/C13H29B/c1-4-7-10-13-14(11-8-5-2)12-9-6-3/h4-13H2,1-3H3.